The Kier molecular flexibility index (Phi) is 5.47. The standard InChI is InChI=1S/C13H17N5O2S2/c1-15-13(17-8-10-4-2-3-7-16-10)18-9-11-5-6-12(21-11)22(14,19)20/h2-7H,8-9H2,1H3,(H2,14,19,20)(H2,15,17,18). The van der Waals surface area contributed by atoms with E-state index in [9.17, 15) is 8.42 Å². The average Bonchev–Trinajstić information content (AvgIpc) is 2.97. The molecule has 0 amide bonds. The van der Waals surface area contributed by atoms with Crippen molar-refractivity contribution >= 4 is 27.3 Å². The summed E-state index contributed by atoms with van der Waals surface area (Å²) in [4.78, 5) is 9.16. The number of rotatable bonds is 5. The fourth-order valence-corrected chi connectivity index (χ4v) is 3.39. The molecule has 2 aromatic heterocycles. The third kappa shape index (κ3) is 4.79. The third-order valence-corrected chi connectivity index (χ3v) is 5.26. The molecule has 0 aliphatic rings. The molecule has 0 bridgehead atoms. The second-order valence-electron chi connectivity index (χ2n) is 4.37. The Balaban J connectivity index is 1.88. The zero-order valence-corrected chi connectivity index (χ0v) is 13.6. The molecule has 2 heterocycles. The van der Waals surface area contributed by atoms with E-state index in [1.165, 1.54) is 6.07 Å². The van der Waals surface area contributed by atoms with Crippen LogP contribution in [0.3, 0.4) is 0 Å². The van der Waals surface area contributed by atoms with Crippen LogP contribution in [0.25, 0.3) is 0 Å². The summed E-state index contributed by atoms with van der Waals surface area (Å²) in [5.74, 6) is 0.608. The summed E-state index contributed by atoms with van der Waals surface area (Å²) < 4.78 is 22.6. The van der Waals surface area contributed by atoms with Gasteiger partial charge in [-0.1, -0.05) is 6.07 Å². The van der Waals surface area contributed by atoms with Crippen LogP contribution in [0.4, 0.5) is 0 Å². The number of nitrogens with two attached hydrogens (primary N) is 1. The lowest BCUT2D eigenvalue weighted by Gasteiger charge is -2.10. The number of sulfonamides is 1. The number of guanidine groups is 1. The highest BCUT2D eigenvalue weighted by molar-refractivity contribution is 7.91. The van der Waals surface area contributed by atoms with Crippen molar-refractivity contribution in [3.63, 3.8) is 0 Å². The molecule has 9 heteroatoms. The van der Waals surface area contributed by atoms with E-state index in [4.69, 9.17) is 5.14 Å². The molecular formula is C13H17N5O2S2. The first-order chi connectivity index (χ1) is 10.5. The van der Waals surface area contributed by atoms with E-state index in [1.54, 1.807) is 19.3 Å². The summed E-state index contributed by atoms with van der Waals surface area (Å²) in [6.45, 7) is 1.01. The minimum absolute atomic E-state index is 0.153. The van der Waals surface area contributed by atoms with Crippen molar-refractivity contribution in [1.29, 1.82) is 0 Å². The van der Waals surface area contributed by atoms with Crippen LogP contribution in [0.15, 0.2) is 45.7 Å². The van der Waals surface area contributed by atoms with Gasteiger partial charge in [0.2, 0.25) is 10.0 Å². The second kappa shape index (κ2) is 7.34. The van der Waals surface area contributed by atoms with Crippen molar-refractivity contribution in [3.05, 3.63) is 47.1 Å². The molecule has 7 nitrogen and oxygen atoms in total. The minimum atomic E-state index is -3.64. The number of hydrogen-bond donors (Lipinski definition) is 3. The van der Waals surface area contributed by atoms with Crippen molar-refractivity contribution in [2.24, 2.45) is 10.1 Å². The quantitative estimate of drug-likeness (QED) is 0.547. The fraction of sp³-hybridized carbons (Fsp3) is 0.231. The Morgan fingerprint density at radius 2 is 2.05 bits per heavy atom. The van der Waals surface area contributed by atoms with Crippen molar-refractivity contribution in [2.75, 3.05) is 7.05 Å². The van der Waals surface area contributed by atoms with E-state index in [1.807, 2.05) is 18.2 Å². The monoisotopic (exact) mass is 339 g/mol. The number of nitrogens with one attached hydrogen (secondary N) is 2. The van der Waals surface area contributed by atoms with E-state index >= 15 is 0 Å². The molecule has 0 aliphatic heterocycles. The van der Waals surface area contributed by atoms with Crippen LogP contribution in [0.5, 0.6) is 0 Å². The number of aromatic nitrogens is 1. The summed E-state index contributed by atoms with van der Waals surface area (Å²) in [7, 11) is -1.97. The summed E-state index contributed by atoms with van der Waals surface area (Å²) in [6.07, 6.45) is 1.73. The Labute approximate surface area is 133 Å². The van der Waals surface area contributed by atoms with E-state index < -0.39 is 10.0 Å². The van der Waals surface area contributed by atoms with Crippen LogP contribution in [0, 0.1) is 0 Å². The Hall–Kier alpha value is -1.97. The van der Waals surface area contributed by atoms with Crippen LogP contribution < -0.4 is 15.8 Å². The van der Waals surface area contributed by atoms with Crippen LogP contribution in [-0.2, 0) is 23.1 Å². The normalized spacial score (nSPS) is 12.2. The Morgan fingerprint density at radius 3 is 2.64 bits per heavy atom. The van der Waals surface area contributed by atoms with Crippen LogP contribution in [0.2, 0.25) is 0 Å². The average molecular weight is 339 g/mol. The highest BCUT2D eigenvalue weighted by atomic mass is 32.2. The molecule has 0 spiro atoms. The minimum Gasteiger partial charge on any atom is -0.352 e. The Bertz CT molecular complexity index is 741. The van der Waals surface area contributed by atoms with Gasteiger partial charge in [-0.3, -0.25) is 9.98 Å². The zero-order valence-electron chi connectivity index (χ0n) is 12.0. The van der Waals surface area contributed by atoms with Gasteiger partial charge in [-0.05, 0) is 24.3 Å². The summed E-state index contributed by atoms with van der Waals surface area (Å²) in [5, 5.41) is 11.3. The lowest BCUT2D eigenvalue weighted by molar-refractivity contribution is 0.600. The molecular weight excluding hydrogens is 322 g/mol. The fourth-order valence-electron chi connectivity index (χ4n) is 1.67. The number of aliphatic imine (C=N–C) groups is 1. The highest BCUT2D eigenvalue weighted by Crippen LogP contribution is 2.19. The molecule has 0 radical (unpaired) electrons. The molecule has 0 aliphatic carbocycles. The van der Waals surface area contributed by atoms with E-state index in [-0.39, 0.29) is 4.21 Å². The number of hydrogen-bond acceptors (Lipinski definition) is 5. The predicted molar refractivity (Wildman–Crippen MR) is 87.0 cm³/mol. The maximum absolute atomic E-state index is 11.2. The number of thiophene rings is 1. The molecule has 0 unspecified atom stereocenters. The first-order valence-corrected chi connectivity index (χ1v) is 8.81. The van der Waals surface area contributed by atoms with E-state index in [0.29, 0.717) is 19.0 Å². The van der Waals surface area contributed by atoms with Gasteiger partial charge in [-0.2, -0.15) is 0 Å². The molecule has 0 atom stereocenters. The molecule has 0 saturated heterocycles. The van der Waals surface area contributed by atoms with Crippen LogP contribution >= 0.6 is 11.3 Å². The van der Waals surface area contributed by atoms with E-state index in [0.717, 1.165) is 21.9 Å². The van der Waals surface area contributed by atoms with Gasteiger partial charge in [0.1, 0.15) is 4.21 Å². The van der Waals surface area contributed by atoms with Gasteiger partial charge < -0.3 is 10.6 Å². The van der Waals surface area contributed by atoms with Crippen molar-refractivity contribution in [1.82, 2.24) is 15.6 Å². The molecule has 0 saturated carbocycles. The first kappa shape index (κ1) is 16.4. The Morgan fingerprint density at radius 1 is 1.27 bits per heavy atom. The third-order valence-electron chi connectivity index (χ3n) is 2.73. The highest BCUT2D eigenvalue weighted by Gasteiger charge is 2.11. The lowest BCUT2D eigenvalue weighted by Crippen LogP contribution is -2.36. The van der Waals surface area contributed by atoms with Gasteiger partial charge in [0.05, 0.1) is 18.8 Å². The topological polar surface area (TPSA) is 109 Å². The van der Waals surface area contributed by atoms with Gasteiger partial charge in [0, 0.05) is 18.1 Å². The van der Waals surface area contributed by atoms with Gasteiger partial charge in [-0.15, -0.1) is 11.3 Å². The molecule has 0 fully saturated rings. The van der Waals surface area contributed by atoms with Gasteiger partial charge >= 0.3 is 0 Å². The molecule has 4 N–H and O–H groups in total. The maximum atomic E-state index is 11.2. The molecule has 0 aromatic carbocycles. The van der Waals surface area contributed by atoms with Crippen LogP contribution in [-0.4, -0.2) is 26.4 Å². The number of pyridine rings is 1. The van der Waals surface area contributed by atoms with Crippen molar-refractivity contribution in [2.45, 2.75) is 17.3 Å². The number of nitrogens with zero attached hydrogens (tertiary/aromatic N) is 2. The lowest BCUT2D eigenvalue weighted by atomic mass is 10.3. The molecule has 2 rings (SSSR count). The van der Waals surface area contributed by atoms with Gasteiger partial charge in [0.25, 0.3) is 0 Å². The van der Waals surface area contributed by atoms with E-state index in [2.05, 4.69) is 20.6 Å². The van der Waals surface area contributed by atoms with Gasteiger partial charge in [-0.25, -0.2) is 13.6 Å². The van der Waals surface area contributed by atoms with Gasteiger partial charge in [0.15, 0.2) is 5.96 Å². The summed E-state index contributed by atoms with van der Waals surface area (Å²) >= 11 is 1.14. The zero-order chi connectivity index (χ0) is 16.0. The van der Waals surface area contributed by atoms with Crippen molar-refractivity contribution < 1.29 is 8.42 Å². The molecule has 118 valence electrons. The molecule has 22 heavy (non-hydrogen) atoms. The number of primary sulfonamides is 1. The largest absolute Gasteiger partial charge is 0.352 e. The first-order valence-electron chi connectivity index (χ1n) is 6.45. The van der Waals surface area contributed by atoms with Crippen LogP contribution in [0.1, 0.15) is 10.6 Å². The molecule has 2 aromatic rings. The smallest absolute Gasteiger partial charge is 0.247 e. The van der Waals surface area contributed by atoms with Crippen molar-refractivity contribution in [3.8, 4) is 0 Å². The maximum Gasteiger partial charge on any atom is 0.247 e. The predicted octanol–water partition coefficient (Wildman–Crippen LogP) is 0.656. The summed E-state index contributed by atoms with van der Waals surface area (Å²) in [5.41, 5.74) is 0.901. The SMILES string of the molecule is CN=C(NCc1ccccn1)NCc1ccc(S(N)(=O)=O)s1. The second-order valence-corrected chi connectivity index (χ2v) is 7.32. The summed E-state index contributed by atoms with van der Waals surface area (Å²) in [6, 6.07) is 8.92.